The zero-order valence-electron chi connectivity index (χ0n) is 17.9. The third-order valence-corrected chi connectivity index (χ3v) is 6.51. The first-order chi connectivity index (χ1) is 16.9. The molecule has 4 nitrogen and oxygen atoms in total. The summed E-state index contributed by atoms with van der Waals surface area (Å²) >= 11 is 23.4. The first kappa shape index (κ1) is 31.4. The molecule has 0 spiro atoms. The van der Waals surface area contributed by atoms with Gasteiger partial charge in [0.25, 0.3) is 0 Å². The monoisotopic (exact) mass is 677 g/mol. The summed E-state index contributed by atoms with van der Waals surface area (Å²) in [6.45, 7) is 1.72. The zero-order valence-corrected chi connectivity index (χ0v) is 23.3. The van der Waals surface area contributed by atoms with E-state index in [1.165, 1.54) is 24.3 Å². The predicted octanol–water partition coefficient (Wildman–Crippen LogP) is 8.96. The first-order valence-corrected chi connectivity index (χ1v) is 12.3. The number of carbonyl (C=O) groups excluding carboxylic acids is 1. The maximum atomic E-state index is 13.0. The number of aldehydes is 1. The molecule has 0 heterocycles. The van der Waals surface area contributed by atoms with Crippen LogP contribution in [0.25, 0.3) is 0 Å². The van der Waals surface area contributed by atoms with E-state index in [1.54, 1.807) is 31.2 Å². The molecule has 0 saturated heterocycles. The van der Waals surface area contributed by atoms with Crippen molar-refractivity contribution in [2.45, 2.75) is 10.7 Å². The molecule has 3 rings (SSSR count). The summed E-state index contributed by atoms with van der Waals surface area (Å²) in [7, 11) is 0. The lowest BCUT2D eigenvalue weighted by atomic mass is 10.1. The van der Waals surface area contributed by atoms with Crippen LogP contribution in [0.15, 0.2) is 36.4 Å². The van der Waals surface area contributed by atoms with Crippen molar-refractivity contribution in [3.05, 3.63) is 102 Å². The van der Waals surface area contributed by atoms with Gasteiger partial charge in [-0.15, -0.1) is 0 Å². The summed E-state index contributed by atoms with van der Waals surface area (Å²) < 4.78 is 38.2. The van der Waals surface area contributed by atoms with Gasteiger partial charge in [-0.05, 0) is 42.3 Å². The molecule has 0 fully saturated rings. The van der Waals surface area contributed by atoms with Crippen LogP contribution in [0.3, 0.4) is 0 Å². The number of nitriles is 3. The number of nitrogens with zero attached hydrogens (tertiary/aromatic N) is 3. The van der Waals surface area contributed by atoms with Crippen LogP contribution in [-0.4, -0.2) is 6.29 Å². The SMILES string of the molecule is Cc1ccc(F)c(C#N)c1Cl.N#Cc1c(F)ccc(C(Br)Br)c1Cl.N#Cc1c(F)ccc(C=O)c1Cl. The molecule has 0 atom stereocenters. The van der Waals surface area contributed by atoms with Crippen LogP contribution < -0.4 is 0 Å². The Labute approximate surface area is 236 Å². The van der Waals surface area contributed by atoms with Gasteiger partial charge in [0.2, 0.25) is 0 Å². The smallest absolute Gasteiger partial charge is 0.151 e. The van der Waals surface area contributed by atoms with Crippen molar-refractivity contribution in [1.82, 2.24) is 0 Å². The Morgan fingerprint density at radius 1 is 0.750 bits per heavy atom. The molecule has 36 heavy (non-hydrogen) atoms. The van der Waals surface area contributed by atoms with Crippen molar-refractivity contribution in [2.75, 3.05) is 0 Å². The summed E-state index contributed by atoms with van der Waals surface area (Å²) in [5, 5.41) is 25.7. The van der Waals surface area contributed by atoms with Crippen molar-refractivity contribution < 1.29 is 18.0 Å². The van der Waals surface area contributed by atoms with E-state index in [1.807, 2.05) is 0 Å². The highest BCUT2D eigenvalue weighted by atomic mass is 79.9. The van der Waals surface area contributed by atoms with E-state index in [-0.39, 0.29) is 41.1 Å². The molecular formula is C24H11Br2Cl3F3N3O. The molecule has 184 valence electrons. The minimum Gasteiger partial charge on any atom is -0.298 e. The van der Waals surface area contributed by atoms with Gasteiger partial charge in [-0.2, -0.15) is 15.8 Å². The molecule has 0 amide bonds. The van der Waals surface area contributed by atoms with Crippen LogP contribution in [-0.2, 0) is 0 Å². The van der Waals surface area contributed by atoms with E-state index < -0.39 is 17.5 Å². The Balaban J connectivity index is 0.000000271. The minimum atomic E-state index is -0.715. The Morgan fingerprint density at radius 2 is 1.17 bits per heavy atom. The summed E-state index contributed by atoms with van der Waals surface area (Å²) in [6, 6.07) is 12.8. The van der Waals surface area contributed by atoms with Crippen molar-refractivity contribution >= 4 is 72.9 Å². The van der Waals surface area contributed by atoms with E-state index in [4.69, 9.17) is 50.6 Å². The molecule has 3 aromatic rings. The van der Waals surface area contributed by atoms with Crippen LogP contribution >= 0.6 is 66.7 Å². The van der Waals surface area contributed by atoms with Crippen LogP contribution in [0.5, 0.6) is 0 Å². The standard InChI is InChI=1S/C8H3Br2ClFN.C8H3ClFNO.C8H5ClFN/c9-8(10)4-1-2-6(12)5(3-13)7(4)11;9-8-5(4-12)1-2-7(10)6(8)3-11;1-5-2-3-7(10)6(4-11)8(5)9/h1-2,8H;1-2,4H;2-3H,1H3. The molecule has 0 unspecified atom stereocenters. The lowest BCUT2D eigenvalue weighted by molar-refractivity contribution is 0.112. The summed E-state index contributed by atoms with van der Waals surface area (Å²) in [6.07, 6.45) is 0.475. The fourth-order valence-corrected chi connectivity index (χ4v) is 4.13. The molecule has 0 aliphatic rings. The lowest BCUT2D eigenvalue weighted by Crippen LogP contribution is -1.91. The Bertz CT molecular complexity index is 1420. The van der Waals surface area contributed by atoms with Gasteiger partial charge < -0.3 is 0 Å². The van der Waals surface area contributed by atoms with Crippen molar-refractivity contribution in [1.29, 1.82) is 15.8 Å². The minimum absolute atomic E-state index is 0.0772. The Kier molecular flexibility index (Phi) is 13.0. The molecule has 0 radical (unpaired) electrons. The number of benzene rings is 3. The van der Waals surface area contributed by atoms with Crippen LogP contribution in [0.4, 0.5) is 13.2 Å². The van der Waals surface area contributed by atoms with E-state index >= 15 is 0 Å². The second-order valence-corrected chi connectivity index (χ2v) is 10.7. The fourth-order valence-electron chi connectivity index (χ4n) is 2.36. The van der Waals surface area contributed by atoms with Crippen LogP contribution in [0.2, 0.25) is 15.1 Å². The van der Waals surface area contributed by atoms with Gasteiger partial charge in [0.1, 0.15) is 52.3 Å². The average molecular weight is 681 g/mol. The van der Waals surface area contributed by atoms with Crippen molar-refractivity contribution in [3.8, 4) is 18.2 Å². The second kappa shape index (κ2) is 14.9. The number of carbonyl (C=O) groups is 1. The summed E-state index contributed by atoms with van der Waals surface area (Å²) in [5.74, 6) is -1.88. The number of halogens is 8. The average Bonchev–Trinajstić information content (AvgIpc) is 2.83. The summed E-state index contributed by atoms with van der Waals surface area (Å²) in [4.78, 5) is 10.3. The highest BCUT2D eigenvalue weighted by molar-refractivity contribution is 9.24. The Morgan fingerprint density at radius 3 is 1.58 bits per heavy atom. The Hall–Kier alpha value is -2.58. The van der Waals surface area contributed by atoms with Gasteiger partial charge in [0, 0.05) is 5.56 Å². The van der Waals surface area contributed by atoms with Crippen LogP contribution in [0.1, 0.15) is 41.9 Å². The number of aryl methyl sites for hydroxylation is 1. The quantitative estimate of drug-likeness (QED) is 0.200. The highest BCUT2D eigenvalue weighted by Gasteiger charge is 2.15. The van der Waals surface area contributed by atoms with E-state index in [9.17, 15) is 18.0 Å². The molecule has 3 aromatic carbocycles. The van der Waals surface area contributed by atoms with Gasteiger partial charge in [0.05, 0.1) is 18.8 Å². The van der Waals surface area contributed by atoms with Gasteiger partial charge in [-0.3, -0.25) is 4.79 Å². The zero-order chi connectivity index (χ0) is 27.6. The molecule has 12 heteroatoms. The number of rotatable bonds is 2. The number of alkyl halides is 2. The van der Waals surface area contributed by atoms with Gasteiger partial charge in [-0.1, -0.05) is 78.8 Å². The predicted molar refractivity (Wildman–Crippen MR) is 139 cm³/mol. The topological polar surface area (TPSA) is 88.4 Å². The molecule has 0 aromatic heterocycles. The normalized spacial score (nSPS) is 9.53. The maximum Gasteiger partial charge on any atom is 0.151 e. The fraction of sp³-hybridized carbons (Fsp3) is 0.0833. The third kappa shape index (κ3) is 7.96. The first-order valence-electron chi connectivity index (χ1n) is 9.29. The molecule has 0 aliphatic carbocycles. The van der Waals surface area contributed by atoms with E-state index in [0.29, 0.717) is 17.4 Å². The third-order valence-electron chi connectivity index (χ3n) is 4.22. The van der Waals surface area contributed by atoms with Crippen LogP contribution in [0, 0.1) is 58.4 Å². The highest BCUT2D eigenvalue weighted by Crippen LogP contribution is 2.36. The number of hydrogen-bond acceptors (Lipinski definition) is 4. The largest absolute Gasteiger partial charge is 0.298 e. The number of hydrogen-bond donors (Lipinski definition) is 0. The van der Waals surface area contributed by atoms with Crippen molar-refractivity contribution in [2.24, 2.45) is 0 Å². The molecular weight excluding hydrogens is 669 g/mol. The van der Waals surface area contributed by atoms with Gasteiger partial charge in [0.15, 0.2) is 6.29 Å². The molecule has 0 aliphatic heterocycles. The van der Waals surface area contributed by atoms with E-state index in [2.05, 4.69) is 31.9 Å². The van der Waals surface area contributed by atoms with Crippen molar-refractivity contribution in [3.63, 3.8) is 0 Å². The molecule has 0 bridgehead atoms. The van der Waals surface area contributed by atoms with Gasteiger partial charge >= 0.3 is 0 Å². The van der Waals surface area contributed by atoms with Gasteiger partial charge in [-0.25, -0.2) is 13.2 Å². The second-order valence-electron chi connectivity index (χ2n) is 6.46. The lowest BCUT2D eigenvalue weighted by Gasteiger charge is -2.06. The molecule has 0 saturated carbocycles. The molecule has 0 N–H and O–H groups in total. The maximum absolute atomic E-state index is 13.0. The summed E-state index contributed by atoms with van der Waals surface area (Å²) in [5.41, 5.74) is 0.981. The van der Waals surface area contributed by atoms with E-state index in [0.717, 1.165) is 6.07 Å².